The van der Waals surface area contributed by atoms with Crippen molar-refractivity contribution in [2.24, 2.45) is 5.92 Å². The molecular formula is C12H24N2O. The van der Waals surface area contributed by atoms with Gasteiger partial charge in [-0.3, -0.25) is 4.79 Å². The van der Waals surface area contributed by atoms with Gasteiger partial charge in [-0.25, -0.2) is 0 Å². The molecule has 1 atom stereocenters. The maximum Gasteiger partial charge on any atom is 0.220 e. The number of hydrogen-bond acceptors (Lipinski definition) is 2. The molecule has 2 N–H and O–H groups in total. The van der Waals surface area contributed by atoms with E-state index in [9.17, 15) is 4.79 Å². The zero-order valence-electron chi connectivity index (χ0n) is 9.85. The summed E-state index contributed by atoms with van der Waals surface area (Å²) in [6.45, 7) is 5.24. The summed E-state index contributed by atoms with van der Waals surface area (Å²) in [4.78, 5) is 11.4. The molecule has 3 nitrogen and oxygen atoms in total. The average Bonchev–Trinajstić information content (AvgIpc) is 2.28. The normalized spacial score (nSPS) is 21.3. The van der Waals surface area contributed by atoms with Gasteiger partial charge in [0.25, 0.3) is 0 Å². The van der Waals surface area contributed by atoms with Crippen LogP contribution in [0.2, 0.25) is 0 Å². The Morgan fingerprint density at radius 3 is 3.07 bits per heavy atom. The smallest absolute Gasteiger partial charge is 0.220 e. The lowest BCUT2D eigenvalue weighted by Gasteiger charge is -2.22. The topological polar surface area (TPSA) is 41.1 Å². The summed E-state index contributed by atoms with van der Waals surface area (Å²) in [7, 11) is 0. The third kappa shape index (κ3) is 5.78. The average molecular weight is 212 g/mol. The molecule has 1 heterocycles. The summed E-state index contributed by atoms with van der Waals surface area (Å²) in [6, 6.07) is 0. The molecule has 1 aliphatic heterocycles. The first-order valence-electron chi connectivity index (χ1n) is 6.30. The number of nitrogens with one attached hydrogen (secondary N) is 2. The van der Waals surface area contributed by atoms with Gasteiger partial charge in [-0.15, -0.1) is 0 Å². The van der Waals surface area contributed by atoms with E-state index in [0.717, 1.165) is 44.8 Å². The number of piperidine rings is 1. The van der Waals surface area contributed by atoms with E-state index in [4.69, 9.17) is 0 Å². The van der Waals surface area contributed by atoms with Gasteiger partial charge < -0.3 is 10.6 Å². The standard InChI is InChI=1S/C12H24N2O/c1-2-3-9-14-12(15)7-6-11-5-4-8-13-10-11/h11,13H,2-10H2,1H3,(H,14,15). The van der Waals surface area contributed by atoms with Crippen LogP contribution in [-0.2, 0) is 4.79 Å². The first-order chi connectivity index (χ1) is 7.33. The van der Waals surface area contributed by atoms with Crippen molar-refractivity contribution in [3.8, 4) is 0 Å². The fraction of sp³-hybridized carbons (Fsp3) is 0.917. The first-order valence-corrected chi connectivity index (χ1v) is 6.30. The van der Waals surface area contributed by atoms with Crippen LogP contribution < -0.4 is 10.6 Å². The van der Waals surface area contributed by atoms with Crippen LogP contribution in [0.3, 0.4) is 0 Å². The highest BCUT2D eigenvalue weighted by molar-refractivity contribution is 5.75. The van der Waals surface area contributed by atoms with Crippen molar-refractivity contribution in [2.45, 2.75) is 45.4 Å². The molecule has 0 radical (unpaired) electrons. The van der Waals surface area contributed by atoms with E-state index < -0.39 is 0 Å². The summed E-state index contributed by atoms with van der Waals surface area (Å²) >= 11 is 0. The van der Waals surface area contributed by atoms with E-state index in [1.807, 2.05) is 0 Å². The molecule has 0 aromatic carbocycles. The van der Waals surface area contributed by atoms with Crippen LogP contribution in [0.15, 0.2) is 0 Å². The fourth-order valence-corrected chi connectivity index (χ4v) is 2.00. The van der Waals surface area contributed by atoms with Gasteiger partial charge in [-0.05, 0) is 44.7 Å². The summed E-state index contributed by atoms with van der Waals surface area (Å²) in [5, 5.41) is 6.34. The lowest BCUT2D eigenvalue weighted by molar-refractivity contribution is -0.121. The predicted octanol–water partition coefficient (Wildman–Crippen LogP) is 1.68. The Balaban J connectivity index is 2.00. The summed E-state index contributed by atoms with van der Waals surface area (Å²) in [5.74, 6) is 0.949. The van der Waals surface area contributed by atoms with Crippen molar-refractivity contribution in [1.29, 1.82) is 0 Å². The van der Waals surface area contributed by atoms with Crippen molar-refractivity contribution < 1.29 is 4.79 Å². The Morgan fingerprint density at radius 2 is 2.40 bits per heavy atom. The van der Waals surface area contributed by atoms with Crippen LogP contribution in [0.25, 0.3) is 0 Å². The van der Waals surface area contributed by atoms with Gasteiger partial charge in [0.15, 0.2) is 0 Å². The third-order valence-electron chi connectivity index (χ3n) is 3.03. The molecule has 3 heteroatoms. The Morgan fingerprint density at radius 1 is 1.53 bits per heavy atom. The highest BCUT2D eigenvalue weighted by Gasteiger charge is 2.13. The van der Waals surface area contributed by atoms with Crippen LogP contribution in [0.4, 0.5) is 0 Å². The van der Waals surface area contributed by atoms with E-state index >= 15 is 0 Å². The van der Waals surface area contributed by atoms with E-state index in [0.29, 0.717) is 6.42 Å². The molecule has 0 aromatic heterocycles. The fourth-order valence-electron chi connectivity index (χ4n) is 2.00. The second kappa shape index (κ2) is 7.69. The maximum absolute atomic E-state index is 11.4. The monoisotopic (exact) mass is 212 g/mol. The molecule has 1 unspecified atom stereocenters. The van der Waals surface area contributed by atoms with E-state index in [1.165, 1.54) is 12.8 Å². The number of carbonyl (C=O) groups is 1. The SMILES string of the molecule is CCCCNC(=O)CCC1CCCNC1. The van der Waals surface area contributed by atoms with E-state index in [1.54, 1.807) is 0 Å². The third-order valence-corrected chi connectivity index (χ3v) is 3.03. The van der Waals surface area contributed by atoms with Crippen molar-refractivity contribution in [3.05, 3.63) is 0 Å². The molecule has 88 valence electrons. The van der Waals surface area contributed by atoms with Gasteiger partial charge in [-0.1, -0.05) is 13.3 Å². The quantitative estimate of drug-likeness (QED) is 0.658. The minimum Gasteiger partial charge on any atom is -0.356 e. The zero-order valence-corrected chi connectivity index (χ0v) is 9.85. The lowest BCUT2D eigenvalue weighted by atomic mass is 9.94. The molecule has 0 aliphatic carbocycles. The second-order valence-corrected chi connectivity index (χ2v) is 4.45. The molecule has 0 spiro atoms. The van der Waals surface area contributed by atoms with Gasteiger partial charge in [0, 0.05) is 13.0 Å². The number of rotatable bonds is 6. The highest BCUT2D eigenvalue weighted by Crippen LogP contribution is 2.15. The molecule has 0 saturated carbocycles. The van der Waals surface area contributed by atoms with Crippen molar-refractivity contribution in [1.82, 2.24) is 10.6 Å². The molecule has 0 aromatic rings. The number of carbonyl (C=O) groups excluding carboxylic acids is 1. The molecule has 1 saturated heterocycles. The number of unbranched alkanes of at least 4 members (excludes halogenated alkanes) is 1. The molecular weight excluding hydrogens is 188 g/mol. The lowest BCUT2D eigenvalue weighted by Crippen LogP contribution is -2.31. The van der Waals surface area contributed by atoms with Crippen LogP contribution in [0.5, 0.6) is 0 Å². The largest absolute Gasteiger partial charge is 0.356 e. The Hall–Kier alpha value is -0.570. The van der Waals surface area contributed by atoms with Gasteiger partial charge in [0.05, 0.1) is 0 Å². The van der Waals surface area contributed by atoms with E-state index in [-0.39, 0.29) is 5.91 Å². The summed E-state index contributed by atoms with van der Waals surface area (Å²) in [6.07, 6.45) is 6.54. The van der Waals surface area contributed by atoms with Gasteiger partial charge >= 0.3 is 0 Å². The number of hydrogen-bond donors (Lipinski definition) is 2. The summed E-state index contributed by atoms with van der Waals surface area (Å²) in [5.41, 5.74) is 0. The van der Waals surface area contributed by atoms with Gasteiger partial charge in [0.1, 0.15) is 0 Å². The zero-order chi connectivity index (χ0) is 10.9. The first kappa shape index (κ1) is 12.5. The minimum absolute atomic E-state index is 0.231. The predicted molar refractivity (Wildman–Crippen MR) is 62.7 cm³/mol. The molecule has 1 rings (SSSR count). The van der Waals surface area contributed by atoms with Crippen molar-refractivity contribution >= 4 is 5.91 Å². The van der Waals surface area contributed by atoms with Crippen LogP contribution in [-0.4, -0.2) is 25.5 Å². The van der Waals surface area contributed by atoms with Crippen molar-refractivity contribution in [3.63, 3.8) is 0 Å². The minimum atomic E-state index is 0.231. The van der Waals surface area contributed by atoms with Crippen LogP contribution in [0, 0.1) is 5.92 Å². The Bertz CT molecular complexity index is 176. The van der Waals surface area contributed by atoms with Crippen LogP contribution in [0.1, 0.15) is 45.4 Å². The molecule has 1 amide bonds. The Kier molecular flexibility index (Phi) is 6.41. The van der Waals surface area contributed by atoms with Crippen LogP contribution >= 0.6 is 0 Å². The summed E-state index contributed by atoms with van der Waals surface area (Å²) < 4.78 is 0. The number of amides is 1. The van der Waals surface area contributed by atoms with E-state index in [2.05, 4.69) is 17.6 Å². The van der Waals surface area contributed by atoms with Gasteiger partial charge in [-0.2, -0.15) is 0 Å². The van der Waals surface area contributed by atoms with Crippen molar-refractivity contribution in [2.75, 3.05) is 19.6 Å². The molecule has 1 aliphatic rings. The Labute approximate surface area is 93.0 Å². The maximum atomic E-state index is 11.4. The van der Waals surface area contributed by atoms with Gasteiger partial charge in [0.2, 0.25) is 5.91 Å². The molecule has 15 heavy (non-hydrogen) atoms. The second-order valence-electron chi connectivity index (χ2n) is 4.45. The molecule has 1 fully saturated rings. The highest BCUT2D eigenvalue weighted by atomic mass is 16.1. The molecule has 0 bridgehead atoms.